The fourth-order valence-electron chi connectivity index (χ4n) is 2.27. The number of nitriles is 1. The van der Waals surface area contributed by atoms with E-state index in [1.807, 2.05) is 24.3 Å². The summed E-state index contributed by atoms with van der Waals surface area (Å²) in [6.45, 7) is 2.10. The third-order valence-electron chi connectivity index (χ3n) is 3.28. The van der Waals surface area contributed by atoms with E-state index in [0.29, 0.717) is 5.56 Å². The number of hydrogen-bond donors (Lipinski definition) is 0. The molecule has 1 heterocycles. The lowest BCUT2D eigenvalue weighted by Crippen LogP contribution is -1.88. The molecule has 102 valence electrons. The van der Waals surface area contributed by atoms with E-state index in [-0.39, 0.29) is 0 Å². The quantitative estimate of drug-likeness (QED) is 0.708. The monoisotopic (exact) mass is 290 g/mol. The highest BCUT2D eigenvalue weighted by Crippen LogP contribution is 2.24. The van der Waals surface area contributed by atoms with Gasteiger partial charge in [-0.3, -0.25) is 0 Å². The van der Waals surface area contributed by atoms with Crippen molar-refractivity contribution in [2.45, 2.75) is 13.3 Å². The van der Waals surface area contributed by atoms with Crippen LogP contribution < -0.4 is 0 Å². The van der Waals surface area contributed by atoms with Gasteiger partial charge in [0.2, 0.25) is 0 Å². The van der Waals surface area contributed by atoms with Gasteiger partial charge >= 0.3 is 0 Å². The number of aromatic nitrogens is 1. The Morgan fingerprint density at radius 2 is 2.00 bits per heavy atom. The first-order valence-corrected chi connectivity index (χ1v) is 7.63. The zero-order valence-electron chi connectivity index (χ0n) is 11.7. The average Bonchev–Trinajstić information content (AvgIpc) is 2.96. The zero-order chi connectivity index (χ0) is 14.7. The maximum absolute atomic E-state index is 8.97. The van der Waals surface area contributed by atoms with E-state index in [9.17, 15) is 0 Å². The molecule has 3 rings (SSSR count). The highest BCUT2D eigenvalue weighted by atomic mass is 32.1. The molecule has 3 aromatic rings. The standard InChI is InChI=1S/C18H14N2S/c1-13-4-2-5-14(8-13)10-18-20-17(12-21-18)16-7-3-6-15(9-16)11-19/h2-9,12H,10H2,1H3. The van der Waals surface area contributed by atoms with E-state index < -0.39 is 0 Å². The molecule has 3 heteroatoms. The topological polar surface area (TPSA) is 36.7 Å². The van der Waals surface area contributed by atoms with Crippen LogP contribution in [0.4, 0.5) is 0 Å². The average molecular weight is 290 g/mol. The second-order valence-corrected chi connectivity index (χ2v) is 5.93. The van der Waals surface area contributed by atoms with Gasteiger partial charge in [-0.1, -0.05) is 42.0 Å². The number of rotatable bonds is 3. The minimum Gasteiger partial charge on any atom is -0.241 e. The smallest absolute Gasteiger partial charge is 0.0991 e. The highest BCUT2D eigenvalue weighted by molar-refractivity contribution is 7.10. The minimum absolute atomic E-state index is 0.667. The summed E-state index contributed by atoms with van der Waals surface area (Å²) in [5, 5.41) is 12.1. The fraction of sp³-hybridized carbons (Fsp3) is 0.111. The Bertz CT molecular complexity index is 812. The lowest BCUT2D eigenvalue weighted by molar-refractivity contribution is 1.13. The molecule has 0 aliphatic heterocycles. The number of hydrogen-bond acceptors (Lipinski definition) is 3. The summed E-state index contributed by atoms with van der Waals surface area (Å²) in [7, 11) is 0. The SMILES string of the molecule is Cc1cccc(Cc2nc(-c3cccc(C#N)c3)cs2)c1. The first-order valence-electron chi connectivity index (χ1n) is 6.75. The van der Waals surface area contributed by atoms with Crippen LogP contribution in [0.1, 0.15) is 21.7 Å². The molecule has 0 aliphatic rings. The van der Waals surface area contributed by atoms with E-state index in [1.54, 1.807) is 11.3 Å². The van der Waals surface area contributed by atoms with Crippen molar-refractivity contribution in [2.24, 2.45) is 0 Å². The van der Waals surface area contributed by atoms with Gasteiger partial charge in [0, 0.05) is 17.4 Å². The molecule has 0 saturated heterocycles. The van der Waals surface area contributed by atoms with Crippen LogP contribution in [0, 0.1) is 18.3 Å². The summed E-state index contributed by atoms with van der Waals surface area (Å²) in [5.74, 6) is 0. The van der Waals surface area contributed by atoms with Crippen molar-refractivity contribution < 1.29 is 0 Å². The van der Waals surface area contributed by atoms with Crippen molar-refractivity contribution in [3.63, 3.8) is 0 Å². The van der Waals surface area contributed by atoms with Gasteiger partial charge in [-0.05, 0) is 24.6 Å². The summed E-state index contributed by atoms with van der Waals surface area (Å²) in [6.07, 6.45) is 0.851. The second kappa shape index (κ2) is 5.90. The number of aryl methyl sites for hydroxylation is 1. The Hall–Kier alpha value is -2.44. The van der Waals surface area contributed by atoms with Crippen molar-refractivity contribution in [3.8, 4) is 17.3 Å². The maximum Gasteiger partial charge on any atom is 0.0991 e. The molecule has 0 bridgehead atoms. The van der Waals surface area contributed by atoms with Gasteiger partial charge in [-0.25, -0.2) is 4.98 Å². The van der Waals surface area contributed by atoms with Crippen LogP contribution in [-0.4, -0.2) is 4.98 Å². The summed E-state index contributed by atoms with van der Waals surface area (Å²) in [6, 6.07) is 18.2. The molecule has 0 saturated carbocycles. The van der Waals surface area contributed by atoms with Crippen LogP contribution in [0.3, 0.4) is 0 Å². The van der Waals surface area contributed by atoms with E-state index >= 15 is 0 Å². The number of nitrogens with zero attached hydrogens (tertiary/aromatic N) is 2. The van der Waals surface area contributed by atoms with E-state index in [2.05, 4.69) is 47.6 Å². The molecule has 1 aromatic heterocycles. The molecule has 2 nitrogen and oxygen atoms in total. The molecule has 0 fully saturated rings. The van der Waals surface area contributed by atoms with Crippen LogP contribution >= 0.6 is 11.3 Å². The van der Waals surface area contributed by atoms with Crippen LogP contribution in [0.15, 0.2) is 53.9 Å². The molecular weight excluding hydrogens is 276 g/mol. The van der Waals surface area contributed by atoms with Crippen molar-refractivity contribution in [2.75, 3.05) is 0 Å². The van der Waals surface area contributed by atoms with Crippen LogP contribution in [-0.2, 0) is 6.42 Å². The first kappa shape index (κ1) is 13.5. The third kappa shape index (κ3) is 3.18. The van der Waals surface area contributed by atoms with Gasteiger partial charge in [0.05, 0.1) is 22.3 Å². The molecule has 0 N–H and O–H groups in total. The van der Waals surface area contributed by atoms with E-state index in [0.717, 1.165) is 22.7 Å². The molecule has 0 amide bonds. The Kier molecular flexibility index (Phi) is 3.81. The summed E-state index contributed by atoms with van der Waals surface area (Å²) in [5.41, 5.74) is 5.16. The molecule has 0 aliphatic carbocycles. The van der Waals surface area contributed by atoms with Crippen LogP contribution in [0.5, 0.6) is 0 Å². The molecule has 0 unspecified atom stereocenters. The fourth-order valence-corrected chi connectivity index (χ4v) is 3.11. The highest BCUT2D eigenvalue weighted by Gasteiger charge is 2.06. The third-order valence-corrected chi connectivity index (χ3v) is 4.13. The Morgan fingerprint density at radius 3 is 2.81 bits per heavy atom. The van der Waals surface area contributed by atoms with Crippen LogP contribution in [0.25, 0.3) is 11.3 Å². The molecule has 0 radical (unpaired) electrons. The van der Waals surface area contributed by atoms with Crippen LogP contribution in [0.2, 0.25) is 0 Å². The molecule has 0 atom stereocenters. The van der Waals surface area contributed by atoms with Gasteiger partial charge in [0.15, 0.2) is 0 Å². The maximum atomic E-state index is 8.97. The zero-order valence-corrected chi connectivity index (χ0v) is 12.5. The Morgan fingerprint density at radius 1 is 1.14 bits per heavy atom. The molecular formula is C18H14N2S. The van der Waals surface area contributed by atoms with Gasteiger partial charge in [-0.2, -0.15) is 5.26 Å². The molecule has 0 spiro atoms. The van der Waals surface area contributed by atoms with Crippen molar-refractivity contribution >= 4 is 11.3 Å². The van der Waals surface area contributed by atoms with Gasteiger partial charge < -0.3 is 0 Å². The predicted octanol–water partition coefficient (Wildman–Crippen LogP) is 4.58. The van der Waals surface area contributed by atoms with Gasteiger partial charge in [-0.15, -0.1) is 11.3 Å². The predicted molar refractivity (Wildman–Crippen MR) is 86.3 cm³/mol. The second-order valence-electron chi connectivity index (χ2n) is 4.98. The molecule has 21 heavy (non-hydrogen) atoms. The Labute approximate surface area is 128 Å². The Balaban J connectivity index is 1.85. The van der Waals surface area contributed by atoms with Gasteiger partial charge in [0.25, 0.3) is 0 Å². The van der Waals surface area contributed by atoms with Gasteiger partial charge in [0.1, 0.15) is 0 Å². The molecule has 2 aromatic carbocycles. The van der Waals surface area contributed by atoms with Crippen molar-refractivity contribution in [1.29, 1.82) is 5.26 Å². The lowest BCUT2D eigenvalue weighted by Gasteiger charge is -2.00. The number of thiazole rings is 1. The van der Waals surface area contributed by atoms with E-state index in [1.165, 1.54) is 11.1 Å². The summed E-state index contributed by atoms with van der Waals surface area (Å²) in [4.78, 5) is 4.69. The summed E-state index contributed by atoms with van der Waals surface area (Å²) >= 11 is 1.66. The number of benzene rings is 2. The summed E-state index contributed by atoms with van der Waals surface area (Å²) < 4.78 is 0. The largest absolute Gasteiger partial charge is 0.241 e. The normalized spacial score (nSPS) is 10.3. The minimum atomic E-state index is 0.667. The lowest BCUT2D eigenvalue weighted by atomic mass is 10.1. The van der Waals surface area contributed by atoms with Crippen molar-refractivity contribution in [1.82, 2.24) is 4.98 Å². The van der Waals surface area contributed by atoms with Crippen molar-refractivity contribution in [3.05, 3.63) is 75.6 Å². The first-order chi connectivity index (χ1) is 10.2. The van der Waals surface area contributed by atoms with E-state index in [4.69, 9.17) is 5.26 Å².